The van der Waals surface area contributed by atoms with Gasteiger partial charge in [0.25, 0.3) is 5.91 Å². The maximum Gasteiger partial charge on any atom is 0.410 e. The largest absolute Gasteiger partial charge is 0.444 e. The second-order valence-electron chi connectivity index (χ2n) is 9.92. The second kappa shape index (κ2) is 9.76. The van der Waals surface area contributed by atoms with E-state index in [-0.39, 0.29) is 24.0 Å². The summed E-state index contributed by atoms with van der Waals surface area (Å²) in [6.45, 7) is 13.6. The number of hydrogen-bond acceptors (Lipinski definition) is 4. The van der Waals surface area contributed by atoms with E-state index in [0.29, 0.717) is 18.7 Å². The summed E-state index contributed by atoms with van der Waals surface area (Å²) in [7, 11) is 0. The minimum absolute atomic E-state index is 0.0341. The molecular formula is C25H36N4O3. The third kappa shape index (κ3) is 5.90. The molecule has 3 rings (SSSR count). The Bertz CT molecular complexity index is 927. The molecule has 1 aliphatic rings. The molecule has 2 heterocycles. The van der Waals surface area contributed by atoms with E-state index in [0.717, 1.165) is 30.8 Å². The predicted molar refractivity (Wildman–Crippen MR) is 125 cm³/mol. The molecule has 7 nitrogen and oxygen atoms in total. The van der Waals surface area contributed by atoms with E-state index in [4.69, 9.17) is 4.74 Å². The highest BCUT2D eigenvalue weighted by Gasteiger charge is 2.30. The molecule has 1 aromatic heterocycles. The SMILES string of the molecule is Cc1ccnn1-c1ccc(C(=O)N2CCCC(CN(C(=O)OC(C)(C)C)C(C)C)C2)cc1. The molecular weight excluding hydrogens is 404 g/mol. The van der Waals surface area contributed by atoms with Crippen LogP contribution in [0.15, 0.2) is 36.5 Å². The van der Waals surface area contributed by atoms with E-state index in [2.05, 4.69) is 5.10 Å². The summed E-state index contributed by atoms with van der Waals surface area (Å²) in [5.41, 5.74) is 2.12. The van der Waals surface area contributed by atoms with Crippen molar-refractivity contribution in [3.05, 3.63) is 47.8 Å². The Labute approximate surface area is 191 Å². The van der Waals surface area contributed by atoms with Gasteiger partial charge in [-0.3, -0.25) is 4.79 Å². The molecule has 0 bridgehead atoms. The number of aryl methyl sites for hydroxylation is 1. The maximum absolute atomic E-state index is 13.1. The fraction of sp³-hybridized carbons (Fsp3) is 0.560. The molecule has 1 aromatic carbocycles. The van der Waals surface area contributed by atoms with E-state index in [1.165, 1.54) is 0 Å². The van der Waals surface area contributed by atoms with Crippen molar-refractivity contribution in [1.29, 1.82) is 0 Å². The van der Waals surface area contributed by atoms with Gasteiger partial charge in [-0.1, -0.05) is 0 Å². The van der Waals surface area contributed by atoms with Gasteiger partial charge in [-0.05, 0) is 90.6 Å². The molecule has 1 saturated heterocycles. The first-order chi connectivity index (χ1) is 15.0. The third-order valence-electron chi connectivity index (χ3n) is 5.70. The summed E-state index contributed by atoms with van der Waals surface area (Å²) in [6.07, 6.45) is 3.40. The van der Waals surface area contributed by atoms with Crippen molar-refractivity contribution in [2.75, 3.05) is 19.6 Å². The van der Waals surface area contributed by atoms with E-state index in [9.17, 15) is 9.59 Å². The van der Waals surface area contributed by atoms with Crippen molar-refractivity contribution in [3.8, 4) is 5.69 Å². The van der Waals surface area contributed by atoms with Crippen molar-refractivity contribution in [2.24, 2.45) is 5.92 Å². The molecule has 0 aliphatic carbocycles. The van der Waals surface area contributed by atoms with Gasteiger partial charge in [-0.15, -0.1) is 0 Å². The molecule has 174 valence electrons. The number of benzene rings is 1. The van der Waals surface area contributed by atoms with Gasteiger partial charge in [-0.2, -0.15) is 5.10 Å². The first-order valence-electron chi connectivity index (χ1n) is 11.4. The molecule has 0 radical (unpaired) electrons. The average molecular weight is 441 g/mol. The van der Waals surface area contributed by atoms with Crippen LogP contribution in [0.2, 0.25) is 0 Å². The van der Waals surface area contributed by atoms with Crippen LogP contribution in [0, 0.1) is 12.8 Å². The van der Waals surface area contributed by atoms with Crippen LogP contribution < -0.4 is 0 Å². The van der Waals surface area contributed by atoms with Crippen LogP contribution in [0.5, 0.6) is 0 Å². The highest BCUT2D eigenvalue weighted by Crippen LogP contribution is 2.22. The Hall–Kier alpha value is -2.83. The number of amides is 2. The van der Waals surface area contributed by atoms with E-state index in [1.807, 2.05) is 81.5 Å². The maximum atomic E-state index is 13.1. The lowest BCUT2D eigenvalue weighted by Gasteiger charge is -2.37. The zero-order valence-corrected chi connectivity index (χ0v) is 20.2. The number of aromatic nitrogens is 2. The Morgan fingerprint density at radius 3 is 2.44 bits per heavy atom. The molecule has 0 saturated carbocycles. The fourth-order valence-corrected chi connectivity index (χ4v) is 4.06. The zero-order valence-electron chi connectivity index (χ0n) is 20.2. The molecule has 7 heteroatoms. The summed E-state index contributed by atoms with van der Waals surface area (Å²) < 4.78 is 7.45. The van der Waals surface area contributed by atoms with Crippen LogP contribution in [0.4, 0.5) is 4.79 Å². The van der Waals surface area contributed by atoms with Gasteiger partial charge >= 0.3 is 6.09 Å². The summed E-state index contributed by atoms with van der Waals surface area (Å²) in [4.78, 5) is 29.5. The smallest absolute Gasteiger partial charge is 0.410 e. The standard InChI is InChI=1S/C25H36N4O3/c1-18(2)28(24(31)32-25(4,5)6)17-20-8-7-15-27(16-20)23(30)21-9-11-22(12-10-21)29-19(3)13-14-26-29/h9-14,18,20H,7-8,15-17H2,1-6H3. The van der Waals surface area contributed by atoms with Crippen LogP contribution in [0.25, 0.3) is 5.69 Å². The highest BCUT2D eigenvalue weighted by atomic mass is 16.6. The minimum atomic E-state index is -0.528. The second-order valence-corrected chi connectivity index (χ2v) is 9.92. The third-order valence-corrected chi connectivity index (χ3v) is 5.70. The van der Waals surface area contributed by atoms with Crippen molar-refractivity contribution in [2.45, 2.75) is 66.0 Å². The number of ether oxygens (including phenoxy) is 1. The monoisotopic (exact) mass is 440 g/mol. The Morgan fingerprint density at radius 1 is 1.19 bits per heavy atom. The molecule has 1 aliphatic heterocycles. The van der Waals surface area contributed by atoms with E-state index in [1.54, 1.807) is 11.1 Å². The molecule has 1 unspecified atom stereocenters. The Balaban J connectivity index is 1.65. The van der Waals surface area contributed by atoms with Crippen LogP contribution in [-0.4, -0.2) is 62.9 Å². The van der Waals surface area contributed by atoms with Gasteiger partial charge < -0.3 is 14.5 Å². The number of piperidine rings is 1. The summed E-state index contributed by atoms with van der Waals surface area (Å²) in [5.74, 6) is 0.264. The van der Waals surface area contributed by atoms with Gasteiger partial charge in [0, 0.05) is 43.1 Å². The number of likely N-dealkylation sites (tertiary alicyclic amines) is 1. The van der Waals surface area contributed by atoms with E-state index >= 15 is 0 Å². The molecule has 1 atom stereocenters. The lowest BCUT2D eigenvalue weighted by molar-refractivity contribution is 0.0124. The Morgan fingerprint density at radius 2 is 1.88 bits per heavy atom. The van der Waals surface area contributed by atoms with Gasteiger partial charge in [-0.25, -0.2) is 9.48 Å². The summed E-state index contributed by atoms with van der Waals surface area (Å²) >= 11 is 0. The molecule has 1 fully saturated rings. The van der Waals surface area contributed by atoms with Crippen LogP contribution in [-0.2, 0) is 4.74 Å². The minimum Gasteiger partial charge on any atom is -0.444 e. The lowest BCUT2D eigenvalue weighted by atomic mass is 9.96. The van der Waals surface area contributed by atoms with Crippen LogP contribution in [0.3, 0.4) is 0 Å². The van der Waals surface area contributed by atoms with Gasteiger partial charge in [0.05, 0.1) is 5.69 Å². The van der Waals surface area contributed by atoms with E-state index < -0.39 is 5.60 Å². The molecule has 32 heavy (non-hydrogen) atoms. The van der Waals surface area contributed by atoms with Gasteiger partial charge in [0.1, 0.15) is 5.60 Å². The molecule has 2 aromatic rings. The van der Waals surface area contributed by atoms with Crippen molar-refractivity contribution >= 4 is 12.0 Å². The number of rotatable bonds is 5. The van der Waals surface area contributed by atoms with Crippen LogP contribution >= 0.6 is 0 Å². The lowest BCUT2D eigenvalue weighted by Crippen LogP contribution is -2.48. The number of hydrogen-bond donors (Lipinski definition) is 0. The molecule has 0 N–H and O–H groups in total. The highest BCUT2D eigenvalue weighted by molar-refractivity contribution is 5.94. The summed E-state index contributed by atoms with van der Waals surface area (Å²) in [6, 6.07) is 9.57. The van der Waals surface area contributed by atoms with Crippen molar-refractivity contribution in [3.63, 3.8) is 0 Å². The normalized spacial score (nSPS) is 16.8. The Kier molecular flexibility index (Phi) is 7.26. The van der Waals surface area contributed by atoms with Crippen LogP contribution in [0.1, 0.15) is 63.5 Å². The quantitative estimate of drug-likeness (QED) is 0.677. The van der Waals surface area contributed by atoms with Crippen molar-refractivity contribution < 1.29 is 14.3 Å². The average Bonchev–Trinajstić information content (AvgIpc) is 3.16. The first-order valence-corrected chi connectivity index (χ1v) is 11.4. The number of nitrogens with zero attached hydrogens (tertiary/aromatic N) is 4. The number of carbonyl (C=O) groups is 2. The predicted octanol–water partition coefficient (Wildman–Crippen LogP) is 4.68. The van der Waals surface area contributed by atoms with Gasteiger partial charge in [0.2, 0.25) is 0 Å². The zero-order chi connectivity index (χ0) is 23.5. The topological polar surface area (TPSA) is 67.7 Å². The van der Waals surface area contributed by atoms with Crippen molar-refractivity contribution in [1.82, 2.24) is 19.6 Å². The summed E-state index contributed by atoms with van der Waals surface area (Å²) in [5, 5.41) is 4.32. The molecule has 2 amide bonds. The van der Waals surface area contributed by atoms with Gasteiger partial charge in [0.15, 0.2) is 0 Å². The molecule has 0 spiro atoms. The number of carbonyl (C=O) groups excluding carboxylic acids is 2. The first kappa shape index (κ1) is 23.8. The fourth-order valence-electron chi connectivity index (χ4n) is 4.06.